The Morgan fingerprint density at radius 1 is 0.458 bits per heavy atom. The van der Waals surface area contributed by atoms with Gasteiger partial charge in [-0.05, 0) is 47.5 Å². The Labute approximate surface area is 270 Å². The van der Waals surface area contributed by atoms with Crippen LogP contribution in [0.4, 0.5) is 31.5 Å². The topological polar surface area (TPSA) is 199 Å². The lowest BCUT2D eigenvalue weighted by Gasteiger charge is -2.09. The number of fused-ring (bicyclic) bond motifs is 2. The smallest absolute Gasteiger partial charge is 0.295 e. The molecule has 0 aliphatic rings. The lowest BCUT2D eigenvalue weighted by Crippen LogP contribution is -1.99. The van der Waals surface area contributed by atoms with E-state index in [-0.39, 0.29) is 55.4 Å². The van der Waals surface area contributed by atoms with E-state index in [1.54, 1.807) is 0 Å². The minimum atomic E-state index is -4.71. The molecule has 6 aromatic rings. The van der Waals surface area contributed by atoms with Crippen molar-refractivity contribution in [3.05, 3.63) is 109 Å². The second kappa shape index (κ2) is 12.2. The minimum Gasteiger partial charge on any atom is -0.505 e. The van der Waals surface area contributed by atoms with E-state index in [4.69, 9.17) is 0 Å². The number of azo groups is 2. The van der Waals surface area contributed by atoms with Gasteiger partial charge in [0.15, 0.2) is 23.1 Å². The van der Waals surface area contributed by atoms with Crippen molar-refractivity contribution in [2.75, 3.05) is 0 Å². The fraction of sp³-hybridized carbons (Fsp3) is 0. The van der Waals surface area contributed by atoms with Gasteiger partial charge in [-0.3, -0.25) is 9.11 Å². The maximum absolute atomic E-state index is 15.1. The van der Waals surface area contributed by atoms with Gasteiger partial charge in [0.1, 0.15) is 32.5 Å². The van der Waals surface area contributed by atoms with E-state index in [0.29, 0.717) is 0 Å². The predicted octanol–water partition coefficient (Wildman–Crippen LogP) is 8.67. The minimum absolute atomic E-state index is 0.0461. The number of rotatable bonds is 7. The molecule has 4 N–H and O–H groups in total. The predicted molar refractivity (Wildman–Crippen MR) is 171 cm³/mol. The van der Waals surface area contributed by atoms with Gasteiger partial charge >= 0.3 is 0 Å². The fourth-order valence-corrected chi connectivity index (χ4v) is 6.39. The van der Waals surface area contributed by atoms with E-state index in [9.17, 15) is 36.2 Å². The third-order valence-electron chi connectivity index (χ3n) is 7.23. The molecule has 242 valence electrons. The van der Waals surface area contributed by atoms with Crippen LogP contribution in [0.2, 0.25) is 0 Å². The van der Waals surface area contributed by atoms with Crippen LogP contribution in [0.15, 0.2) is 127 Å². The zero-order chi connectivity index (χ0) is 34.4. The van der Waals surface area contributed by atoms with Gasteiger partial charge in [0.25, 0.3) is 20.2 Å². The normalized spacial score (nSPS) is 12.5. The second-order valence-electron chi connectivity index (χ2n) is 10.3. The van der Waals surface area contributed by atoms with Crippen LogP contribution in [-0.2, 0) is 20.2 Å². The van der Waals surface area contributed by atoms with Crippen LogP contribution in [-0.4, -0.2) is 36.2 Å². The number of phenols is 2. The van der Waals surface area contributed by atoms with Crippen molar-refractivity contribution in [1.29, 1.82) is 0 Å². The Balaban J connectivity index is 1.28. The zero-order valence-electron chi connectivity index (χ0n) is 24.0. The highest BCUT2D eigenvalue weighted by atomic mass is 32.2. The molecule has 0 unspecified atom stereocenters. The molecule has 6 rings (SSSR count). The molecular formula is C32H20F2N4O8S2. The lowest BCUT2D eigenvalue weighted by atomic mass is 10.0. The van der Waals surface area contributed by atoms with E-state index in [0.717, 1.165) is 24.3 Å². The molecule has 0 aliphatic heterocycles. The van der Waals surface area contributed by atoms with Crippen molar-refractivity contribution in [1.82, 2.24) is 0 Å². The second-order valence-corrected chi connectivity index (χ2v) is 13.0. The van der Waals surface area contributed by atoms with E-state index >= 15 is 8.78 Å². The number of aromatic hydroxyl groups is 2. The summed E-state index contributed by atoms with van der Waals surface area (Å²) in [6.07, 6.45) is 0. The molecule has 16 heteroatoms. The summed E-state index contributed by atoms with van der Waals surface area (Å²) in [5.74, 6) is -2.67. The number of phenolic OH excluding ortho intramolecular Hbond substituents is 2. The molecule has 0 fully saturated rings. The summed E-state index contributed by atoms with van der Waals surface area (Å²) in [7, 11) is -9.42. The van der Waals surface area contributed by atoms with Gasteiger partial charge in [0.2, 0.25) is 0 Å². The Hall–Kier alpha value is -5.68. The highest BCUT2D eigenvalue weighted by Gasteiger charge is 2.21. The van der Waals surface area contributed by atoms with E-state index < -0.39 is 53.2 Å². The van der Waals surface area contributed by atoms with Crippen LogP contribution < -0.4 is 0 Å². The average Bonchev–Trinajstić information content (AvgIpc) is 3.04. The molecule has 0 saturated heterocycles. The molecule has 6 aromatic carbocycles. The molecule has 48 heavy (non-hydrogen) atoms. The number of halogens is 2. The van der Waals surface area contributed by atoms with Crippen molar-refractivity contribution in [3.8, 4) is 22.6 Å². The lowest BCUT2D eigenvalue weighted by molar-refractivity contribution is 0.477. The quantitative estimate of drug-likeness (QED) is 0.0941. The molecule has 0 bridgehead atoms. The van der Waals surface area contributed by atoms with Gasteiger partial charge in [0.05, 0.1) is 0 Å². The first kappa shape index (κ1) is 32.3. The van der Waals surface area contributed by atoms with Crippen LogP contribution in [0.3, 0.4) is 0 Å². The number of hydrogen-bond donors (Lipinski definition) is 4. The molecular weight excluding hydrogens is 671 g/mol. The summed E-state index contributed by atoms with van der Waals surface area (Å²) < 4.78 is 97.1. The van der Waals surface area contributed by atoms with Crippen LogP contribution in [0.1, 0.15) is 0 Å². The van der Waals surface area contributed by atoms with Crippen molar-refractivity contribution >= 4 is 64.5 Å². The molecule has 0 spiro atoms. The number of nitrogens with zero attached hydrogens (tertiary/aromatic N) is 4. The first-order chi connectivity index (χ1) is 22.7. The first-order valence-corrected chi connectivity index (χ1v) is 16.5. The average molecular weight is 691 g/mol. The van der Waals surface area contributed by atoms with Crippen LogP contribution >= 0.6 is 0 Å². The maximum atomic E-state index is 15.1. The van der Waals surface area contributed by atoms with Gasteiger partial charge in [-0.15, -0.1) is 20.5 Å². The Morgan fingerprint density at radius 3 is 1.12 bits per heavy atom. The Bertz CT molecular complexity index is 2400. The van der Waals surface area contributed by atoms with E-state index in [1.807, 2.05) is 0 Å². The summed E-state index contributed by atoms with van der Waals surface area (Å²) >= 11 is 0. The largest absolute Gasteiger partial charge is 0.505 e. The summed E-state index contributed by atoms with van der Waals surface area (Å²) in [6.45, 7) is 0. The van der Waals surface area contributed by atoms with Crippen molar-refractivity contribution in [3.63, 3.8) is 0 Å². The highest BCUT2D eigenvalue weighted by molar-refractivity contribution is 7.86. The molecule has 0 heterocycles. The summed E-state index contributed by atoms with van der Waals surface area (Å²) in [5, 5.41) is 36.6. The van der Waals surface area contributed by atoms with Crippen LogP contribution in [0.25, 0.3) is 32.7 Å². The number of benzene rings is 6. The zero-order valence-corrected chi connectivity index (χ0v) is 25.7. The third-order valence-corrected chi connectivity index (χ3v) is 9.02. The van der Waals surface area contributed by atoms with Gasteiger partial charge in [-0.1, -0.05) is 60.7 Å². The van der Waals surface area contributed by atoms with E-state index in [1.165, 1.54) is 72.8 Å². The number of hydrogen-bond acceptors (Lipinski definition) is 10. The molecule has 0 aromatic heterocycles. The summed E-state index contributed by atoms with van der Waals surface area (Å²) in [4.78, 5) is -1.05. The summed E-state index contributed by atoms with van der Waals surface area (Å²) in [5.41, 5.74) is -0.845. The Kier molecular flexibility index (Phi) is 8.18. The molecule has 0 atom stereocenters. The molecule has 0 amide bonds. The first-order valence-electron chi connectivity index (χ1n) is 13.6. The highest BCUT2D eigenvalue weighted by Crippen LogP contribution is 2.41. The van der Waals surface area contributed by atoms with Gasteiger partial charge in [-0.25, -0.2) is 8.78 Å². The molecule has 12 nitrogen and oxygen atoms in total. The van der Waals surface area contributed by atoms with Gasteiger partial charge in [-0.2, -0.15) is 16.8 Å². The maximum Gasteiger partial charge on any atom is 0.295 e. The monoisotopic (exact) mass is 690 g/mol. The van der Waals surface area contributed by atoms with Crippen LogP contribution in [0, 0.1) is 11.6 Å². The van der Waals surface area contributed by atoms with Gasteiger partial charge in [0, 0.05) is 21.5 Å². The fourth-order valence-electron chi connectivity index (χ4n) is 4.96. The summed E-state index contributed by atoms with van der Waals surface area (Å²) in [6, 6.07) is 20.8. The van der Waals surface area contributed by atoms with Crippen LogP contribution in [0.5, 0.6) is 11.5 Å². The molecule has 0 saturated carbocycles. The van der Waals surface area contributed by atoms with Gasteiger partial charge < -0.3 is 10.2 Å². The SMILES string of the molecule is O=S(=O)(O)c1cc(N=Nc2ccc(-c3ccc(N=Nc4cc(S(=O)(=O)O)c5ccccc5c4O)c(F)c3)cc2F)c(O)c2ccccc12. The molecule has 0 aliphatic carbocycles. The van der Waals surface area contributed by atoms with E-state index in [2.05, 4.69) is 20.5 Å². The van der Waals surface area contributed by atoms with Crippen molar-refractivity contribution in [2.45, 2.75) is 9.79 Å². The van der Waals surface area contributed by atoms with Crippen molar-refractivity contribution in [2.24, 2.45) is 20.5 Å². The molecule has 0 radical (unpaired) electrons. The standard InChI is InChI=1S/C32H20F2N4O8S2/c33-23-13-17(9-11-25(23)35-37-27-15-29(47(41,42)43)19-5-1-3-7-21(19)31(27)39)18-10-12-26(24(34)14-18)36-38-28-16-30(48(44,45)46)20-6-2-4-8-22(20)32(28)40/h1-16,39-40H,(H,41,42,43)(H,44,45,46). The van der Waals surface area contributed by atoms with Crippen molar-refractivity contribution < 1.29 is 44.9 Å². The Morgan fingerprint density at radius 2 is 0.792 bits per heavy atom. The third kappa shape index (κ3) is 6.19.